The van der Waals surface area contributed by atoms with Crippen LogP contribution in [0.3, 0.4) is 0 Å². The summed E-state index contributed by atoms with van der Waals surface area (Å²) in [5.41, 5.74) is 0. The lowest BCUT2D eigenvalue weighted by atomic mass is 10.8. The fourth-order valence-corrected chi connectivity index (χ4v) is 0.982. The molecule has 0 fully saturated rings. The summed E-state index contributed by atoms with van der Waals surface area (Å²) in [5.74, 6) is 0.659. The molecule has 3 heteroatoms. The van der Waals surface area contributed by atoms with Crippen molar-refractivity contribution in [1.82, 2.24) is 0 Å². The van der Waals surface area contributed by atoms with E-state index >= 15 is 0 Å². The van der Waals surface area contributed by atoms with Crippen LogP contribution in [0.1, 0.15) is 0 Å². The zero-order valence-corrected chi connectivity index (χ0v) is 6.94. The van der Waals surface area contributed by atoms with Gasteiger partial charge in [-0.15, -0.1) is 0 Å². The molecule has 35 valence electrons. The van der Waals surface area contributed by atoms with Crippen LogP contribution in [0, 0.1) is 0 Å². The summed E-state index contributed by atoms with van der Waals surface area (Å²) >= 11 is 10.9. The highest BCUT2D eigenvalue weighted by Crippen LogP contribution is 2.11. The van der Waals surface area contributed by atoms with Gasteiger partial charge in [0.2, 0.25) is 0 Å². The highest BCUT2D eigenvalue weighted by Gasteiger charge is 1.73. The molecule has 0 bridgehead atoms. The summed E-state index contributed by atoms with van der Waals surface area (Å²) in [6.07, 6.45) is 1.86. The predicted octanol–water partition coefficient (Wildman–Crippen LogP) is 2.82. The first-order valence-corrected chi connectivity index (χ1v) is 3.53. The third-order valence-corrected chi connectivity index (χ3v) is 1.05. The molecule has 6 heavy (non-hydrogen) atoms. The van der Waals surface area contributed by atoms with Crippen molar-refractivity contribution in [2.45, 2.75) is 0 Å². The average molecular weight is 231 g/mol. The Balaban J connectivity index is 3.14. The van der Waals surface area contributed by atoms with Crippen molar-refractivity contribution in [2.75, 3.05) is 5.75 Å². The number of halogens is 2. The van der Waals surface area contributed by atoms with Gasteiger partial charge in [-0.3, -0.25) is 0 Å². The summed E-state index contributed by atoms with van der Waals surface area (Å²) in [6.45, 7) is 0. The summed E-state index contributed by atoms with van der Waals surface area (Å²) in [6, 6.07) is 0. The zero-order valence-electron chi connectivity index (χ0n) is 2.95. The van der Waals surface area contributed by atoms with E-state index in [1.54, 1.807) is 0 Å². The molecule has 1 radical (unpaired) electrons. The lowest BCUT2D eigenvalue weighted by Gasteiger charge is -1.74. The maximum Gasteiger partial charge on any atom is 0.0572 e. The van der Waals surface area contributed by atoms with Gasteiger partial charge >= 0.3 is 0 Å². The molecular formula is C3H3Br2S. The highest BCUT2D eigenvalue weighted by atomic mass is 79.9. The average Bonchev–Trinajstić information content (AvgIpc) is 1.35. The van der Waals surface area contributed by atoms with Gasteiger partial charge in [0.05, 0.1) is 3.39 Å². The van der Waals surface area contributed by atoms with E-state index in [2.05, 4.69) is 44.5 Å². The van der Waals surface area contributed by atoms with Gasteiger partial charge in [-0.1, -0.05) is 18.7 Å². The van der Waals surface area contributed by atoms with E-state index in [1.165, 1.54) is 0 Å². The van der Waals surface area contributed by atoms with Crippen LogP contribution in [0.5, 0.6) is 0 Å². The van der Waals surface area contributed by atoms with E-state index in [1.807, 2.05) is 6.08 Å². The van der Waals surface area contributed by atoms with Gasteiger partial charge < -0.3 is 0 Å². The lowest BCUT2D eigenvalue weighted by Crippen LogP contribution is -1.55. The standard InChI is InChI=1S/C3H3Br2S/c4-3(5)1-2-6/h1H,2H2. The number of hydrogen-bond donors (Lipinski definition) is 0. The van der Waals surface area contributed by atoms with Crippen LogP contribution >= 0.6 is 44.5 Å². The fourth-order valence-electron chi connectivity index (χ4n) is 0.0630. The molecule has 0 saturated carbocycles. The SMILES string of the molecule is [S]CC=C(Br)Br. The van der Waals surface area contributed by atoms with Gasteiger partial charge in [-0.05, 0) is 31.9 Å². The molecule has 0 aromatic carbocycles. The van der Waals surface area contributed by atoms with Crippen LogP contribution in [0.15, 0.2) is 9.47 Å². The molecule has 0 aliphatic carbocycles. The Morgan fingerprint density at radius 1 is 1.67 bits per heavy atom. The topological polar surface area (TPSA) is 0 Å². The predicted molar refractivity (Wildman–Crippen MR) is 38.4 cm³/mol. The molecule has 0 saturated heterocycles. The van der Waals surface area contributed by atoms with Crippen molar-refractivity contribution in [3.8, 4) is 0 Å². The van der Waals surface area contributed by atoms with Crippen LogP contribution in [-0.2, 0) is 0 Å². The molecule has 0 aromatic heterocycles. The van der Waals surface area contributed by atoms with Crippen molar-refractivity contribution < 1.29 is 0 Å². The number of rotatable bonds is 1. The van der Waals surface area contributed by atoms with Crippen molar-refractivity contribution in [1.29, 1.82) is 0 Å². The molecule has 0 spiro atoms. The van der Waals surface area contributed by atoms with Gasteiger partial charge in [-0.2, -0.15) is 0 Å². The van der Waals surface area contributed by atoms with Crippen molar-refractivity contribution >= 4 is 44.5 Å². The van der Waals surface area contributed by atoms with E-state index in [0.717, 1.165) is 3.39 Å². The Hall–Kier alpha value is 1.05. The maximum atomic E-state index is 4.59. The second-order valence-corrected chi connectivity index (χ2v) is 3.77. The second-order valence-electron chi connectivity index (χ2n) is 0.660. The van der Waals surface area contributed by atoms with Crippen LogP contribution < -0.4 is 0 Å². The van der Waals surface area contributed by atoms with E-state index in [0.29, 0.717) is 5.75 Å². The first kappa shape index (κ1) is 7.05. The molecule has 0 rings (SSSR count). The van der Waals surface area contributed by atoms with Gasteiger partial charge in [0.25, 0.3) is 0 Å². The normalized spacial score (nSPS) is 7.83. The third-order valence-electron chi connectivity index (χ3n) is 0.238. The monoisotopic (exact) mass is 229 g/mol. The van der Waals surface area contributed by atoms with E-state index in [9.17, 15) is 0 Å². The van der Waals surface area contributed by atoms with E-state index in [-0.39, 0.29) is 0 Å². The third kappa shape index (κ3) is 5.05. The molecule has 0 N–H and O–H groups in total. The second kappa shape index (κ2) is 4.22. The van der Waals surface area contributed by atoms with Crippen LogP contribution in [0.4, 0.5) is 0 Å². The number of hydrogen-bond acceptors (Lipinski definition) is 0. The first-order chi connectivity index (χ1) is 2.77. The van der Waals surface area contributed by atoms with Crippen molar-refractivity contribution in [3.05, 3.63) is 9.47 Å². The minimum absolute atomic E-state index is 0.659. The lowest BCUT2D eigenvalue weighted by molar-refractivity contribution is 1.83. The molecule has 0 amide bonds. The summed E-state index contributed by atoms with van der Waals surface area (Å²) in [4.78, 5) is 0. The van der Waals surface area contributed by atoms with Gasteiger partial charge in [0.1, 0.15) is 0 Å². The van der Waals surface area contributed by atoms with Crippen LogP contribution in [-0.4, -0.2) is 5.75 Å². The summed E-state index contributed by atoms with van der Waals surface area (Å²) in [5, 5.41) is 0. The van der Waals surface area contributed by atoms with Crippen LogP contribution in [0.25, 0.3) is 0 Å². The minimum atomic E-state index is 0.659. The molecule has 0 nitrogen and oxygen atoms in total. The Morgan fingerprint density at radius 2 is 2.17 bits per heavy atom. The summed E-state index contributed by atoms with van der Waals surface area (Å²) < 4.78 is 0.935. The van der Waals surface area contributed by atoms with Crippen molar-refractivity contribution in [2.24, 2.45) is 0 Å². The van der Waals surface area contributed by atoms with E-state index in [4.69, 9.17) is 0 Å². The minimum Gasteiger partial charge on any atom is -0.0896 e. The first-order valence-electron chi connectivity index (χ1n) is 1.36. The Labute approximate surface area is 59.7 Å². The Bertz CT molecular complexity index is 55.8. The maximum absolute atomic E-state index is 4.59. The molecule has 0 aliphatic rings. The van der Waals surface area contributed by atoms with Crippen LogP contribution in [0.2, 0.25) is 0 Å². The molecule has 0 aliphatic heterocycles. The highest BCUT2D eigenvalue weighted by molar-refractivity contribution is 9.28. The molecule has 0 atom stereocenters. The van der Waals surface area contributed by atoms with E-state index < -0.39 is 0 Å². The quantitative estimate of drug-likeness (QED) is 0.650. The van der Waals surface area contributed by atoms with Crippen molar-refractivity contribution in [3.63, 3.8) is 0 Å². The smallest absolute Gasteiger partial charge is 0.0572 e. The molecular weight excluding hydrogens is 228 g/mol. The fraction of sp³-hybridized carbons (Fsp3) is 0.333. The largest absolute Gasteiger partial charge is 0.0896 e. The molecule has 0 unspecified atom stereocenters. The van der Waals surface area contributed by atoms with Gasteiger partial charge in [-0.25, -0.2) is 0 Å². The van der Waals surface area contributed by atoms with Gasteiger partial charge in [0, 0.05) is 5.75 Å². The van der Waals surface area contributed by atoms with Gasteiger partial charge in [0.15, 0.2) is 0 Å². The zero-order chi connectivity index (χ0) is 4.99. The summed E-state index contributed by atoms with van der Waals surface area (Å²) in [7, 11) is 0. The molecule has 0 aromatic rings. The molecule has 0 heterocycles. The Kier molecular flexibility index (Phi) is 4.95. The Morgan fingerprint density at radius 3 is 2.17 bits per heavy atom.